The lowest BCUT2D eigenvalue weighted by molar-refractivity contribution is -0.136. The third-order valence-electron chi connectivity index (χ3n) is 4.26. The van der Waals surface area contributed by atoms with Crippen molar-refractivity contribution in [1.29, 1.82) is 0 Å². The smallest absolute Gasteiger partial charge is 0.319 e. The van der Waals surface area contributed by atoms with Crippen LogP contribution >= 0.6 is 11.8 Å². The minimum absolute atomic E-state index is 0.110. The van der Waals surface area contributed by atoms with Crippen molar-refractivity contribution in [1.82, 2.24) is 9.97 Å². The predicted molar refractivity (Wildman–Crippen MR) is 111 cm³/mol. The molecule has 0 aliphatic rings. The summed E-state index contributed by atoms with van der Waals surface area (Å²) in [6.45, 7) is 5.71. The van der Waals surface area contributed by atoms with Gasteiger partial charge in [0.25, 0.3) is 0 Å². The average molecular weight is 410 g/mol. The summed E-state index contributed by atoms with van der Waals surface area (Å²) in [6, 6.07) is 12.6. The molecule has 2 aromatic heterocycles. The molecule has 1 aromatic carbocycles. The second kappa shape index (κ2) is 9.52. The lowest BCUT2D eigenvalue weighted by atomic mass is 9.97. The molecule has 0 aliphatic heterocycles. The van der Waals surface area contributed by atoms with Crippen molar-refractivity contribution in [2.24, 2.45) is 0 Å². The number of ether oxygens (including phenoxy) is 1. The molecule has 6 nitrogen and oxygen atoms in total. The van der Waals surface area contributed by atoms with Crippen LogP contribution in [0.5, 0.6) is 5.75 Å². The number of aromatic nitrogens is 2. The fraction of sp³-hybridized carbons (Fsp3) is 0.273. The van der Waals surface area contributed by atoms with Crippen LogP contribution in [0.15, 0.2) is 63.1 Å². The van der Waals surface area contributed by atoms with Crippen LogP contribution in [-0.4, -0.2) is 15.9 Å². The van der Waals surface area contributed by atoms with Gasteiger partial charge in [-0.2, -0.15) is 0 Å². The Labute approximate surface area is 173 Å². The van der Waals surface area contributed by atoms with Gasteiger partial charge in [-0.1, -0.05) is 49.0 Å². The van der Waals surface area contributed by atoms with E-state index in [9.17, 15) is 9.59 Å². The predicted octanol–water partition coefficient (Wildman–Crippen LogP) is 4.44. The van der Waals surface area contributed by atoms with Gasteiger partial charge in [0.1, 0.15) is 12.0 Å². The summed E-state index contributed by atoms with van der Waals surface area (Å²) in [5, 5.41) is 0.620. The molecule has 3 aromatic rings. The van der Waals surface area contributed by atoms with Crippen LogP contribution in [0.3, 0.4) is 0 Å². The van der Waals surface area contributed by atoms with Gasteiger partial charge in [0.15, 0.2) is 5.16 Å². The van der Waals surface area contributed by atoms with E-state index in [-0.39, 0.29) is 5.75 Å². The van der Waals surface area contributed by atoms with E-state index in [4.69, 9.17) is 9.15 Å². The van der Waals surface area contributed by atoms with Gasteiger partial charge in [-0.15, -0.1) is 0 Å². The zero-order valence-corrected chi connectivity index (χ0v) is 17.4. The van der Waals surface area contributed by atoms with Crippen molar-refractivity contribution in [3.8, 4) is 5.75 Å². The van der Waals surface area contributed by atoms with Crippen LogP contribution in [-0.2, 0) is 10.5 Å². The van der Waals surface area contributed by atoms with Gasteiger partial charge in [0.05, 0.1) is 11.7 Å². The van der Waals surface area contributed by atoms with E-state index in [1.807, 2.05) is 57.2 Å². The minimum atomic E-state index is -0.475. The zero-order chi connectivity index (χ0) is 20.8. The lowest BCUT2D eigenvalue weighted by Crippen LogP contribution is -2.21. The molecule has 29 heavy (non-hydrogen) atoms. The Balaban J connectivity index is 1.67. The topological polar surface area (TPSA) is 82.3 Å². The zero-order valence-electron chi connectivity index (χ0n) is 16.5. The van der Waals surface area contributed by atoms with Gasteiger partial charge in [-0.3, -0.25) is 9.59 Å². The summed E-state index contributed by atoms with van der Waals surface area (Å²) in [5.74, 6) is -0.170. The van der Waals surface area contributed by atoms with Crippen molar-refractivity contribution < 1.29 is 13.9 Å². The number of aryl methyl sites for hydroxylation is 2. The molecule has 0 N–H and O–H groups in total. The fourth-order valence-corrected chi connectivity index (χ4v) is 3.73. The van der Waals surface area contributed by atoms with E-state index in [0.29, 0.717) is 23.1 Å². The normalized spacial score (nSPS) is 11.8. The molecule has 0 fully saturated rings. The van der Waals surface area contributed by atoms with Crippen molar-refractivity contribution >= 4 is 17.7 Å². The second-order valence-electron chi connectivity index (χ2n) is 6.59. The Kier molecular flexibility index (Phi) is 6.82. The van der Waals surface area contributed by atoms with Gasteiger partial charge in [-0.05, 0) is 31.9 Å². The number of carbonyl (C=O) groups excluding carboxylic acids is 1. The highest BCUT2D eigenvalue weighted by Crippen LogP contribution is 2.23. The van der Waals surface area contributed by atoms with Gasteiger partial charge < -0.3 is 9.15 Å². The maximum atomic E-state index is 12.5. The van der Waals surface area contributed by atoms with E-state index < -0.39 is 17.3 Å². The number of carbonyl (C=O) groups is 1. The lowest BCUT2D eigenvalue weighted by Gasteiger charge is -2.13. The number of hydrogen-bond acceptors (Lipinski definition) is 7. The Morgan fingerprint density at radius 3 is 2.45 bits per heavy atom. The van der Waals surface area contributed by atoms with Crippen LogP contribution in [0.2, 0.25) is 0 Å². The number of hydrogen-bond donors (Lipinski definition) is 0. The van der Waals surface area contributed by atoms with Crippen LogP contribution in [0.4, 0.5) is 0 Å². The van der Waals surface area contributed by atoms with Gasteiger partial charge in [0, 0.05) is 17.5 Å². The molecule has 0 spiro atoms. The number of rotatable bonds is 7. The molecule has 0 saturated heterocycles. The van der Waals surface area contributed by atoms with Crippen LogP contribution in [0.1, 0.15) is 42.0 Å². The summed E-state index contributed by atoms with van der Waals surface area (Å²) < 4.78 is 10.8. The maximum Gasteiger partial charge on any atom is 0.319 e. The van der Waals surface area contributed by atoms with E-state index in [1.54, 1.807) is 0 Å². The van der Waals surface area contributed by atoms with Crippen LogP contribution < -0.4 is 10.2 Å². The van der Waals surface area contributed by atoms with Crippen molar-refractivity contribution in [2.75, 3.05) is 0 Å². The monoisotopic (exact) mass is 410 g/mol. The third kappa shape index (κ3) is 5.54. The van der Waals surface area contributed by atoms with Crippen molar-refractivity contribution in [3.05, 3.63) is 81.7 Å². The largest absolute Gasteiger partial charge is 0.464 e. The van der Waals surface area contributed by atoms with Crippen molar-refractivity contribution in [3.63, 3.8) is 0 Å². The molecule has 0 aliphatic carbocycles. The molecule has 0 bridgehead atoms. The van der Waals surface area contributed by atoms with E-state index in [2.05, 4.69) is 9.97 Å². The molecule has 3 rings (SSSR count). The molecule has 1 atom stereocenters. The highest BCUT2D eigenvalue weighted by Gasteiger charge is 2.22. The Morgan fingerprint density at radius 2 is 1.83 bits per heavy atom. The molecule has 0 saturated carbocycles. The fourth-order valence-electron chi connectivity index (χ4n) is 2.89. The first-order valence-electron chi connectivity index (χ1n) is 9.29. The molecule has 150 valence electrons. The second-order valence-corrected chi connectivity index (χ2v) is 7.53. The first-order chi connectivity index (χ1) is 14.0. The quantitative estimate of drug-likeness (QED) is 0.323. The molecule has 7 heteroatoms. The average Bonchev–Trinajstić information content (AvgIpc) is 2.69. The third-order valence-corrected chi connectivity index (χ3v) is 5.13. The van der Waals surface area contributed by atoms with E-state index in [0.717, 1.165) is 17.0 Å². The first kappa shape index (κ1) is 20.8. The minimum Gasteiger partial charge on any atom is -0.464 e. The standard InChI is InChI=1S/C22H22N2O4S/c1-4-18(16-8-6-5-7-9-16)21(26)28-20-12-27-17(11-19(20)25)13-29-22-23-14(2)10-15(3)24-22/h5-12,18H,4,13H2,1-3H3/t18-/m0/s1. The van der Waals surface area contributed by atoms with Gasteiger partial charge in [0.2, 0.25) is 11.2 Å². The molecule has 2 heterocycles. The SMILES string of the molecule is CC[C@H](C(=O)Oc1coc(CSc2nc(C)cc(C)n2)cc1=O)c1ccccc1. The number of nitrogens with zero attached hydrogens (tertiary/aromatic N) is 2. The van der Waals surface area contributed by atoms with E-state index in [1.165, 1.54) is 24.1 Å². The molecule has 0 amide bonds. The first-order valence-corrected chi connectivity index (χ1v) is 10.3. The Hall–Kier alpha value is -2.93. The Morgan fingerprint density at radius 1 is 1.14 bits per heavy atom. The summed E-state index contributed by atoms with van der Waals surface area (Å²) in [6.07, 6.45) is 1.76. The molecular formula is C22H22N2O4S. The van der Waals surface area contributed by atoms with Gasteiger partial charge >= 0.3 is 5.97 Å². The molecule has 0 unspecified atom stereocenters. The van der Waals surface area contributed by atoms with Gasteiger partial charge in [-0.25, -0.2) is 9.97 Å². The molecular weight excluding hydrogens is 388 g/mol. The number of esters is 1. The molecule has 0 radical (unpaired) electrons. The van der Waals surface area contributed by atoms with Crippen LogP contribution in [0.25, 0.3) is 0 Å². The maximum absolute atomic E-state index is 12.5. The highest BCUT2D eigenvalue weighted by atomic mass is 32.2. The van der Waals surface area contributed by atoms with Crippen LogP contribution in [0, 0.1) is 13.8 Å². The summed E-state index contributed by atoms with van der Waals surface area (Å²) in [5.41, 5.74) is 2.22. The van der Waals surface area contributed by atoms with E-state index >= 15 is 0 Å². The number of thioether (sulfide) groups is 1. The summed E-state index contributed by atoms with van der Waals surface area (Å²) >= 11 is 1.37. The van der Waals surface area contributed by atoms with Crippen molar-refractivity contribution in [2.45, 2.75) is 44.0 Å². The number of benzene rings is 1. The highest BCUT2D eigenvalue weighted by molar-refractivity contribution is 7.98. The Bertz CT molecular complexity index is 1030. The summed E-state index contributed by atoms with van der Waals surface area (Å²) in [7, 11) is 0. The summed E-state index contributed by atoms with van der Waals surface area (Å²) in [4.78, 5) is 33.6.